The van der Waals surface area contributed by atoms with E-state index in [2.05, 4.69) is 16.8 Å². The number of phenolic OH excluding ortho intramolecular Hbond substituents is 1. The van der Waals surface area contributed by atoms with Gasteiger partial charge < -0.3 is 15.2 Å². The SMILES string of the molecule is C=C(NC)C1CN(Cc2ccc(OCc3ccc(Cl)cc3Cl)c(O)c2)C1. The normalized spacial score (nSPS) is 14.7. The minimum Gasteiger partial charge on any atom is -0.504 e. The number of aromatic hydroxyl groups is 1. The number of ether oxygens (including phenoxy) is 1. The molecule has 0 saturated carbocycles. The summed E-state index contributed by atoms with van der Waals surface area (Å²) in [6.45, 7) is 7.03. The standard InChI is InChI=1S/C20H22Cl2N2O2/c1-13(23-2)16-10-24(11-16)9-14-3-6-20(19(25)7-14)26-12-15-4-5-17(21)8-18(15)22/h3-8,16,23,25H,1,9-12H2,2H3. The molecule has 1 saturated heterocycles. The van der Waals surface area contributed by atoms with Crippen molar-refractivity contribution in [2.45, 2.75) is 13.2 Å². The fourth-order valence-electron chi connectivity index (χ4n) is 2.96. The summed E-state index contributed by atoms with van der Waals surface area (Å²) in [5, 5.41) is 14.5. The summed E-state index contributed by atoms with van der Waals surface area (Å²) in [5.41, 5.74) is 2.94. The molecule has 0 aliphatic carbocycles. The Balaban J connectivity index is 1.55. The number of nitrogens with one attached hydrogen (secondary N) is 1. The summed E-state index contributed by atoms with van der Waals surface area (Å²) in [6.07, 6.45) is 0. The molecule has 138 valence electrons. The molecule has 3 rings (SSSR count). The average molecular weight is 393 g/mol. The highest BCUT2D eigenvalue weighted by Gasteiger charge is 2.28. The smallest absolute Gasteiger partial charge is 0.161 e. The van der Waals surface area contributed by atoms with Crippen LogP contribution in [0.4, 0.5) is 0 Å². The lowest BCUT2D eigenvalue weighted by molar-refractivity contribution is 0.112. The van der Waals surface area contributed by atoms with Crippen molar-refractivity contribution in [1.29, 1.82) is 0 Å². The lowest BCUT2D eigenvalue weighted by Gasteiger charge is -2.40. The summed E-state index contributed by atoms with van der Waals surface area (Å²) in [7, 11) is 1.90. The van der Waals surface area contributed by atoms with Crippen molar-refractivity contribution in [2.75, 3.05) is 20.1 Å². The van der Waals surface area contributed by atoms with Gasteiger partial charge in [0.1, 0.15) is 6.61 Å². The van der Waals surface area contributed by atoms with Crippen LogP contribution in [-0.4, -0.2) is 30.1 Å². The summed E-state index contributed by atoms with van der Waals surface area (Å²) in [6, 6.07) is 10.8. The Kier molecular flexibility index (Phi) is 5.97. The Labute approximate surface area is 164 Å². The molecule has 2 aromatic rings. The minimum absolute atomic E-state index is 0.129. The number of hydrogen-bond acceptors (Lipinski definition) is 4. The molecule has 2 N–H and O–H groups in total. The first-order chi connectivity index (χ1) is 12.5. The van der Waals surface area contributed by atoms with Gasteiger partial charge in [-0.2, -0.15) is 0 Å². The molecule has 0 atom stereocenters. The molecule has 2 aromatic carbocycles. The monoisotopic (exact) mass is 392 g/mol. The number of benzene rings is 2. The van der Waals surface area contributed by atoms with Crippen LogP contribution in [0, 0.1) is 5.92 Å². The minimum atomic E-state index is 0.129. The lowest BCUT2D eigenvalue weighted by atomic mass is 9.96. The zero-order valence-corrected chi connectivity index (χ0v) is 16.1. The lowest BCUT2D eigenvalue weighted by Crippen LogP contribution is -2.48. The van der Waals surface area contributed by atoms with Crippen molar-refractivity contribution in [1.82, 2.24) is 10.2 Å². The third-order valence-electron chi connectivity index (χ3n) is 4.60. The molecule has 4 nitrogen and oxygen atoms in total. The Morgan fingerprint density at radius 2 is 2.04 bits per heavy atom. The number of phenols is 1. The molecular formula is C20H22Cl2N2O2. The van der Waals surface area contributed by atoms with Crippen LogP contribution >= 0.6 is 23.2 Å². The van der Waals surface area contributed by atoms with Crippen molar-refractivity contribution < 1.29 is 9.84 Å². The highest BCUT2D eigenvalue weighted by molar-refractivity contribution is 6.35. The molecule has 6 heteroatoms. The van der Waals surface area contributed by atoms with E-state index in [9.17, 15) is 5.11 Å². The van der Waals surface area contributed by atoms with Gasteiger partial charge in [0.15, 0.2) is 11.5 Å². The van der Waals surface area contributed by atoms with E-state index in [-0.39, 0.29) is 12.4 Å². The quantitative estimate of drug-likeness (QED) is 0.730. The Hall–Kier alpha value is -1.88. The van der Waals surface area contributed by atoms with E-state index in [1.54, 1.807) is 24.3 Å². The molecule has 0 radical (unpaired) electrons. The second kappa shape index (κ2) is 8.21. The maximum atomic E-state index is 10.2. The Bertz CT molecular complexity index is 804. The third kappa shape index (κ3) is 4.44. The number of nitrogens with zero attached hydrogens (tertiary/aromatic N) is 1. The molecule has 1 aliphatic rings. The summed E-state index contributed by atoms with van der Waals surface area (Å²) < 4.78 is 5.70. The van der Waals surface area contributed by atoms with E-state index in [0.29, 0.717) is 21.7 Å². The van der Waals surface area contributed by atoms with Gasteiger partial charge in [-0.05, 0) is 29.8 Å². The molecule has 0 unspecified atom stereocenters. The van der Waals surface area contributed by atoms with E-state index in [0.717, 1.165) is 36.5 Å². The largest absolute Gasteiger partial charge is 0.504 e. The predicted octanol–water partition coefficient (Wildman–Crippen LogP) is 4.44. The molecule has 1 aliphatic heterocycles. The Morgan fingerprint density at radius 3 is 2.69 bits per heavy atom. The molecule has 0 bridgehead atoms. The maximum absolute atomic E-state index is 10.2. The van der Waals surface area contributed by atoms with Gasteiger partial charge in [0.2, 0.25) is 0 Å². The second-order valence-corrected chi connectivity index (χ2v) is 7.34. The van der Waals surface area contributed by atoms with E-state index in [4.69, 9.17) is 27.9 Å². The second-order valence-electron chi connectivity index (χ2n) is 6.49. The van der Waals surface area contributed by atoms with Crippen LogP contribution in [0.2, 0.25) is 10.0 Å². The molecule has 26 heavy (non-hydrogen) atoms. The summed E-state index contributed by atoms with van der Waals surface area (Å²) in [5.74, 6) is 1.06. The van der Waals surface area contributed by atoms with Crippen LogP contribution in [-0.2, 0) is 13.2 Å². The fraction of sp³-hybridized carbons (Fsp3) is 0.300. The molecule has 0 aromatic heterocycles. The van der Waals surface area contributed by atoms with Crippen molar-refractivity contribution in [3.8, 4) is 11.5 Å². The van der Waals surface area contributed by atoms with Gasteiger partial charge >= 0.3 is 0 Å². The molecular weight excluding hydrogens is 371 g/mol. The van der Waals surface area contributed by atoms with Crippen LogP contribution in [0.5, 0.6) is 11.5 Å². The zero-order chi connectivity index (χ0) is 18.7. The van der Waals surface area contributed by atoms with Gasteiger partial charge in [-0.25, -0.2) is 0 Å². The van der Waals surface area contributed by atoms with E-state index in [1.807, 2.05) is 19.2 Å². The highest BCUT2D eigenvalue weighted by atomic mass is 35.5. The topological polar surface area (TPSA) is 44.7 Å². The van der Waals surface area contributed by atoms with Crippen molar-refractivity contribution in [2.24, 2.45) is 5.92 Å². The zero-order valence-electron chi connectivity index (χ0n) is 14.6. The average Bonchev–Trinajstić information content (AvgIpc) is 2.57. The van der Waals surface area contributed by atoms with Crippen LogP contribution < -0.4 is 10.1 Å². The van der Waals surface area contributed by atoms with Gasteiger partial charge in [0, 0.05) is 53.9 Å². The number of halogens is 2. The number of hydrogen-bond donors (Lipinski definition) is 2. The van der Waals surface area contributed by atoms with Crippen LogP contribution in [0.25, 0.3) is 0 Å². The van der Waals surface area contributed by atoms with Crippen molar-refractivity contribution in [3.63, 3.8) is 0 Å². The van der Waals surface area contributed by atoms with Gasteiger partial charge in [0.05, 0.1) is 0 Å². The van der Waals surface area contributed by atoms with Gasteiger partial charge in [-0.15, -0.1) is 0 Å². The molecule has 0 spiro atoms. The van der Waals surface area contributed by atoms with E-state index >= 15 is 0 Å². The van der Waals surface area contributed by atoms with Crippen molar-refractivity contribution in [3.05, 3.63) is 69.8 Å². The fourth-order valence-corrected chi connectivity index (χ4v) is 3.42. The van der Waals surface area contributed by atoms with Gasteiger partial charge in [0.25, 0.3) is 0 Å². The molecule has 1 heterocycles. The van der Waals surface area contributed by atoms with E-state index < -0.39 is 0 Å². The van der Waals surface area contributed by atoms with Gasteiger partial charge in [-0.3, -0.25) is 4.90 Å². The summed E-state index contributed by atoms with van der Waals surface area (Å²) >= 11 is 12.0. The van der Waals surface area contributed by atoms with Crippen molar-refractivity contribution >= 4 is 23.2 Å². The van der Waals surface area contributed by atoms with E-state index in [1.165, 1.54) is 0 Å². The number of rotatable bonds is 7. The first-order valence-corrected chi connectivity index (χ1v) is 9.19. The first-order valence-electron chi connectivity index (χ1n) is 8.43. The maximum Gasteiger partial charge on any atom is 0.161 e. The third-order valence-corrected chi connectivity index (χ3v) is 5.19. The molecule has 1 fully saturated rings. The first kappa shape index (κ1) is 18.9. The van der Waals surface area contributed by atoms with Crippen LogP contribution in [0.3, 0.4) is 0 Å². The Morgan fingerprint density at radius 1 is 1.27 bits per heavy atom. The van der Waals surface area contributed by atoms with Crippen LogP contribution in [0.1, 0.15) is 11.1 Å². The number of likely N-dealkylation sites (tertiary alicyclic amines) is 1. The highest BCUT2D eigenvalue weighted by Crippen LogP contribution is 2.31. The molecule has 0 amide bonds. The predicted molar refractivity (Wildman–Crippen MR) is 106 cm³/mol. The van der Waals surface area contributed by atoms with Crippen LogP contribution in [0.15, 0.2) is 48.7 Å². The summed E-state index contributed by atoms with van der Waals surface area (Å²) in [4.78, 5) is 2.32. The van der Waals surface area contributed by atoms with Gasteiger partial charge in [-0.1, -0.05) is 41.9 Å².